The Kier molecular flexibility index (Phi) is 6.40. The molecule has 0 aliphatic rings. The van der Waals surface area contributed by atoms with Gasteiger partial charge in [-0.05, 0) is 41.5 Å². The van der Waals surface area contributed by atoms with E-state index in [1.165, 1.54) is 24.3 Å². The molecule has 3 rings (SSSR count). The number of hydrogen-bond donors (Lipinski definition) is 1. The fourth-order valence-electron chi connectivity index (χ4n) is 2.83. The molecule has 1 N–H and O–H groups in total. The summed E-state index contributed by atoms with van der Waals surface area (Å²) in [6, 6.07) is 12.9. The van der Waals surface area contributed by atoms with Crippen LogP contribution in [0.5, 0.6) is 17.2 Å². The average molecular weight is 428 g/mol. The van der Waals surface area contributed by atoms with Crippen LogP contribution >= 0.6 is 0 Å². The van der Waals surface area contributed by atoms with Gasteiger partial charge in [-0.15, -0.1) is 0 Å². The van der Waals surface area contributed by atoms with Gasteiger partial charge in [-0.3, -0.25) is 9.78 Å². The van der Waals surface area contributed by atoms with Gasteiger partial charge in [0.15, 0.2) is 0 Å². The molecule has 0 spiro atoms. The van der Waals surface area contributed by atoms with Gasteiger partial charge in [0, 0.05) is 18.5 Å². The zero-order chi connectivity index (χ0) is 22.4. The van der Waals surface area contributed by atoms with Crippen molar-refractivity contribution >= 4 is 5.97 Å². The molecule has 0 saturated heterocycles. The van der Waals surface area contributed by atoms with Crippen molar-refractivity contribution in [2.75, 3.05) is 0 Å². The Bertz CT molecular complexity index is 1130. The Morgan fingerprint density at radius 2 is 1.84 bits per heavy atom. The Balaban J connectivity index is 1.94. The lowest BCUT2D eigenvalue weighted by Crippen LogP contribution is -2.14. The van der Waals surface area contributed by atoms with Crippen LogP contribution in [-0.4, -0.2) is 16.1 Å². The van der Waals surface area contributed by atoms with E-state index in [9.17, 15) is 23.2 Å². The van der Waals surface area contributed by atoms with Crippen LogP contribution in [0.2, 0.25) is 0 Å². The average Bonchev–Trinajstić information content (AvgIpc) is 2.72. The van der Waals surface area contributed by atoms with E-state index in [1.54, 1.807) is 24.5 Å². The Morgan fingerprint density at radius 3 is 2.48 bits per heavy atom. The van der Waals surface area contributed by atoms with Crippen molar-refractivity contribution in [3.63, 3.8) is 0 Å². The lowest BCUT2D eigenvalue weighted by molar-refractivity contribution is -0.140. The molecule has 9 heteroatoms. The molecule has 0 amide bonds. The van der Waals surface area contributed by atoms with Gasteiger partial charge < -0.3 is 14.6 Å². The minimum absolute atomic E-state index is 0.00646. The van der Waals surface area contributed by atoms with Gasteiger partial charge in [-0.1, -0.05) is 12.1 Å². The number of pyridine rings is 1. The fourth-order valence-corrected chi connectivity index (χ4v) is 2.83. The summed E-state index contributed by atoms with van der Waals surface area (Å²) in [5.74, 6) is -1.88. The second kappa shape index (κ2) is 9.17. The van der Waals surface area contributed by atoms with Crippen LogP contribution in [0.15, 0.2) is 60.9 Å². The number of nitriles is 1. The molecule has 0 aliphatic carbocycles. The van der Waals surface area contributed by atoms with E-state index in [-0.39, 0.29) is 23.7 Å². The molecule has 158 valence electrons. The first kappa shape index (κ1) is 21.6. The number of alkyl halides is 3. The zero-order valence-electron chi connectivity index (χ0n) is 15.9. The number of carbonyl (C=O) groups is 1. The van der Waals surface area contributed by atoms with E-state index >= 15 is 0 Å². The topological polar surface area (TPSA) is 92.4 Å². The van der Waals surface area contributed by atoms with Crippen molar-refractivity contribution in [2.24, 2.45) is 0 Å². The monoisotopic (exact) mass is 428 g/mol. The highest BCUT2D eigenvalue weighted by Gasteiger charge is 2.37. The summed E-state index contributed by atoms with van der Waals surface area (Å²) in [6.45, 7) is 0.176. The first-order valence-corrected chi connectivity index (χ1v) is 8.92. The van der Waals surface area contributed by atoms with Crippen molar-refractivity contribution in [2.45, 2.75) is 19.2 Å². The molecule has 0 radical (unpaired) electrons. The summed E-state index contributed by atoms with van der Waals surface area (Å²) in [5, 5.41) is 18.3. The number of hydrogen-bond acceptors (Lipinski definition) is 5. The maximum atomic E-state index is 13.7. The Morgan fingerprint density at radius 1 is 1.10 bits per heavy atom. The highest BCUT2D eigenvalue weighted by Crippen LogP contribution is 2.41. The van der Waals surface area contributed by atoms with Crippen LogP contribution in [-0.2, 0) is 24.0 Å². The molecule has 1 aromatic heterocycles. The van der Waals surface area contributed by atoms with Crippen molar-refractivity contribution in [1.29, 1.82) is 5.26 Å². The number of carboxylic acids is 1. The normalized spacial score (nSPS) is 10.9. The molecule has 0 atom stereocenters. The van der Waals surface area contributed by atoms with Crippen LogP contribution in [0.1, 0.15) is 22.3 Å². The van der Waals surface area contributed by atoms with E-state index in [0.29, 0.717) is 0 Å². The Labute approximate surface area is 175 Å². The number of ether oxygens (including phenoxy) is 2. The quantitative estimate of drug-likeness (QED) is 0.571. The fraction of sp³-hybridized carbons (Fsp3) is 0.136. The number of nitrogens with zero attached hydrogens (tertiary/aromatic N) is 2. The third kappa shape index (κ3) is 5.51. The molecule has 0 fully saturated rings. The molecular weight excluding hydrogens is 413 g/mol. The number of carboxylic acid groups (broad SMARTS) is 1. The van der Waals surface area contributed by atoms with Crippen molar-refractivity contribution < 1.29 is 32.5 Å². The minimum Gasteiger partial charge on any atom is -0.489 e. The van der Waals surface area contributed by atoms with Crippen LogP contribution in [0.25, 0.3) is 0 Å². The maximum absolute atomic E-state index is 13.7. The van der Waals surface area contributed by atoms with Gasteiger partial charge in [0.2, 0.25) is 0 Å². The predicted octanol–water partition coefficient (Wildman–Crippen LogP) is 4.97. The number of aliphatic carboxylic acids is 1. The molecule has 2 aromatic carbocycles. The van der Waals surface area contributed by atoms with E-state index in [1.807, 2.05) is 6.07 Å². The first-order chi connectivity index (χ1) is 14.8. The third-order valence-corrected chi connectivity index (χ3v) is 4.19. The molecule has 0 aliphatic heterocycles. The highest BCUT2D eigenvalue weighted by molar-refractivity contribution is 5.71. The number of benzene rings is 2. The van der Waals surface area contributed by atoms with E-state index in [0.717, 1.165) is 17.7 Å². The maximum Gasteiger partial charge on any atom is 0.420 e. The van der Waals surface area contributed by atoms with Gasteiger partial charge in [-0.2, -0.15) is 18.4 Å². The molecule has 0 unspecified atom stereocenters. The lowest BCUT2D eigenvalue weighted by atomic mass is 10.0. The van der Waals surface area contributed by atoms with Crippen LogP contribution in [0, 0.1) is 11.3 Å². The summed E-state index contributed by atoms with van der Waals surface area (Å²) in [5.41, 5.74) is -0.832. The van der Waals surface area contributed by atoms with Crippen molar-refractivity contribution in [3.05, 3.63) is 83.2 Å². The molecule has 31 heavy (non-hydrogen) atoms. The predicted molar refractivity (Wildman–Crippen MR) is 103 cm³/mol. The van der Waals surface area contributed by atoms with Crippen LogP contribution < -0.4 is 9.47 Å². The minimum atomic E-state index is -4.86. The van der Waals surface area contributed by atoms with Crippen molar-refractivity contribution in [1.82, 2.24) is 4.98 Å². The van der Waals surface area contributed by atoms with Gasteiger partial charge in [0.25, 0.3) is 0 Å². The molecular formula is C22H15F3N2O4. The van der Waals surface area contributed by atoms with Crippen LogP contribution in [0.4, 0.5) is 13.2 Å². The molecule has 3 aromatic rings. The second-order valence-corrected chi connectivity index (χ2v) is 6.37. The third-order valence-electron chi connectivity index (χ3n) is 4.19. The largest absolute Gasteiger partial charge is 0.489 e. The molecule has 0 bridgehead atoms. The summed E-state index contributed by atoms with van der Waals surface area (Å²) < 4.78 is 52.1. The van der Waals surface area contributed by atoms with E-state index in [4.69, 9.17) is 14.6 Å². The number of rotatable bonds is 7. The van der Waals surface area contributed by atoms with Gasteiger partial charge in [0.05, 0.1) is 12.0 Å². The van der Waals surface area contributed by atoms with Gasteiger partial charge in [-0.25, -0.2) is 0 Å². The SMILES string of the molecule is N#Cc1ccc(OCc2ccncc2)cc1Oc1cccc(CC(=O)O)c1C(F)(F)F. The second-order valence-electron chi connectivity index (χ2n) is 6.37. The summed E-state index contributed by atoms with van der Waals surface area (Å²) in [4.78, 5) is 14.9. The van der Waals surface area contributed by atoms with Gasteiger partial charge in [0.1, 0.15) is 35.5 Å². The highest BCUT2D eigenvalue weighted by atomic mass is 19.4. The van der Waals surface area contributed by atoms with E-state index < -0.39 is 35.4 Å². The Hall–Kier alpha value is -4.06. The van der Waals surface area contributed by atoms with Crippen LogP contribution in [0.3, 0.4) is 0 Å². The number of aromatic nitrogens is 1. The van der Waals surface area contributed by atoms with Gasteiger partial charge >= 0.3 is 12.1 Å². The zero-order valence-corrected chi connectivity index (χ0v) is 15.9. The summed E-state index contributed by atoms with van der Waals surface area (Å²) in [6.07, 6.45) is -2.50. The molecule has 1 heterocycles. The summed E-state index contributed by atoms with van der Waals surface area (Å²) >= 11 is 0. The standard InChI is InChI=1S/C22H15F3N2O4/c23-22(24,25)21-15(10-20(28)29)2-1-3-18(21)31-19-11-17(5-4-16(19)12-26)30-13-14-6-8-27-9-7-14/h1-9,11H,10,13H2,(H,28,29). The smallest absolute Gasteiger partial charge is 0.420 e. The van der Waals surface area contributed by atoms with Crippen molar-refractivity contribution in [3.8, 4) is 23.3 Å². The van der Waals surface area contributed by atoms with E-state index in [2.05, 4.69) is 4.98 Å². The molecule has 6 nitrogen and oxygen atoms in total. The first-order valence-electron chi connectivity index (χ1n) is 8.92. The summed E-state index contributed by atoms with van der Waals surface area (Å²) in [7, 11) is 0. The lowest BCUT2D eigenvalue weighted by Gasteiger charge is -2.18. The molecule has 0 saturated carbocycles. The number of halogens is 3.